The van der Waals surface area contributed by atoms with E-state index in [0.717, 1.165) is 11.1 Å². The Morgan fingerprint density at radius 3 is 2.83 bits per heavy atom. The average Bonchev–Trinajstić information content (AvgIpc) is 3.01. The number of benzene rings is 1. The molecule has 124 valence electrons. The molecule has 2 amide bonds. The summed E-state index contributed by atoms with van der Waals surface area (Å²) in [4.78, 5) is 16.1. The fraction of sp³-hybridized carbons (Fsp3) is 0.412. The Morgan fingerprint density at radius 1 is 1.39 bits per heavy atom. The summed E-state index contributed by atoms with van der Waals surface area (Å²) in [5, 5.41) is 15.3. The first kappa shape index (κ1) is 17.0. The number of rotatable bonds is 6. The van der Waals surface area contributed by atoms with Gasteiger partial charge in [-0.2, -0.15) is 0 Å². The van der Waals surface area contributed by atoms with Crippen LogP contribution in [-0.4, -0.2) is 28.8 Å². The van der Waals surface area contributed by atoms with Gasteiger partial charge >= 0.3 is 6.03 Å². The van der Waals surface area contributed by atoms with Crippen LogP contribution >= 0.6 is 0 Å². The molecule has 0 bridgehead atoms. The van der Waals surface area contributed by atoms with Crippen LogP contribution in [0.5, 0.6) is 0 Å². The summed E-state index contributed by atoms with van der Waals surface area (Å²) < 4.78 is 5.26. The minimum absolute atomic E-state index is 0.225. The zero-order valence-electron chi connectivity index (χ0n) is 13.7. The molecule has 0 saturated heterocycles. The van der Waals surface area contributed by atoms with E-state index in [2.05, 4.69) is 15.6 Å². The normalized spacial score (nSPS) is 12.2. The highest BCUT2D eigenvalue weighted by Crippen LogP contribution is 2.24. The van der Waals surface area contributed by atoms with Gasteiger partial charge in [0.25, 0.3) is 0 Å². The summed E-state index contributed by atoms with van der Waals surface area (Å²) in [7, 11) is 0. The molecule has 3 N–H and O–H groups in total. The molecule has 0 radical (unpaired) electrons. The van der Waals surface area contributed by atoms with E-state index in [1.807, 2.05) is 39.0 Å². The van der Waals surface area contributed by atoms with Crippen LogP contribution in [-0.2, 0) is 0 Å². The second-order valence-electron chi connectivity index (χ2n) is 5.99. The first-order chi connectivity index (χ1) is 11.0. The van der Waals surface area contributed by atoms with Crippen molar-refractivity contribution >= 4 is 11.7 Å². The molecule has 6 nitrogen and oxygen atoms in total. The number of aryl methyl sites for hydroxylation is 1. The van der Waals surface area contributed by atoms with Crippen molar-refractivity contribution in [1.29, 1.82) is 0 Å². The molecule has 1 aromatic carbocycles. The molecule has 1 atom stereocenters. The third-order valence-corrected chi connectivity index (χ3v) is 3.41. The van der Waals surface area contributed by atoms with Gasteiger partial charge in [-0.15, -0.1) is 0 Å². The van der Waals surface area contributed by atoms with Crippen molar-refractivity contribution in [2.45, 2.75) is 33.3 Å². The minimum atomic E-state index is -0.541. The lowest BCUT2D eigenvalue weighted by Crippen LogP contribution is -2.35. The van der Waals surface area contributed by atoms with Crippen LogP contribution in [0.4, 0.5) is 10.5 Å². The molecule has 0 aliphatic carbocycles. The smallest absolute Gasteiger partial charge is 0.319 e. The Balaban J connectivity index is 1.96. The molecule has 6 heteroatoms. The minimum Gasteiger partial charge on any atom is -0.445 e. The summed E-state index contributed by atoms with van der Waals surface area (Å²) in [6.45, 7) is 6.19. The zero-order chi connectivity index (χ0) is 16.8. The van der Waals surface area contributed by atoms with Crippen LogP contribution in [0, 0.1) is 12.8 Å². The van der Waals surface area contributed by atoms with Gasteiger partial charge in [-0.05, 0) is 37.0 Å². The number of nitrogens with zero attached hydrogens (tertiary/aromatic N) is 1. The second kappa shape index (κ2) is 7.78. The van der Waals surface area contributed by atoms with Crippen LogP contribution in [0.25, 0.3) is 11.5 Å². The van der Waals surface area contributed by atoms with Gasteiger partial charge in [0, 0.05) is 17.8 Å². The van der Waals surface area contributed by atoms with Crippen molar-refractivity contribution in [3.8, 4) is 11.5 Å². The maximum atomic E-state index is 12.0. The van der Waals surface area contributed by atoms with E-state index < -0.39 is 6.10 Å². The molecular weight excluding hydrogens is 294 g/mol. The number of nitrogens with one attached hydrogen (secondary N) is 2. The summed E-state index contributed by atoms with van der Waals surface area (Å²) in [6, 6.07) is 5.24. The summed E-state index contributed by atoms with van der Waals surface area (Å²) >= 11 is 0. The number of anilines is 1. The number of carbonyl (C=O) groups excluding carboxylic acids is 1. The number of carbonyl (C=O) groups is 1. The fourth-order valence-corrected chi connectivity index (χ4v) is 2.26. The van der Waals surface area contributed by atoms with Gasteiger partial charge in [-0.1, -0.05) is 19.9 Å². The molecule has 2 rings (SSSR count). The monoisotopic (exact) mass is 317 g/mol. The van der Waals surface area contributed by atoms with Crippen LogP contribution in [0.15, 0.2) is 35.1 Å². The third kappa shape index (κ3) is 5.10. The Labute approximate surface area is 135 Å². The molecular formula is C17H23N3O3. The molecule has 1 aromatic heterocycles. The zero-order valence-corrected chi connectivity index (χ0v) is 13.7. The van der Waals surface area contributed by atoms with Gasteiger partial charge in [-0.3, -0.25) is 0 Å². The van der Waals surface area contributed by atoms with Gasteiger partial charge in [0.1, 0.15) is 6.26 Å². The van der Waals surface area contributed by atoms with E-state index >= 15 is 0 Å². The molecule has 23 heavy (non-hydrogen) atoms. The predicted octanol–water partition coefficient (Wildman–Crippen LogP) is 3.18. The van der Waals surface area contributed by atoms with Crippen LogP contribution in [0.1, 0.15) is 25.8 Å². The molecule has 0 aliphatic heterocycles. The van der Waals surface area contributed by atoms with Crippen molar-refractivity contribution in [3.63, 3.8) is 0 Å². The molecule has 1 unspecified atom stereocenters. The topological polar surface area (TPSA) is 87.4 Å². The molecule has 0 aliphatic rings. The van der Waals surface area contributed by atoms with Gasteiger partial charge in [0.2, 0.25) is 5.89 Å². The largest absolute Gasteiger partial charge is 0.445 e. The van der Waals surface area contributed by atoms with Gasteiger partial charge < -0.3 is 20.2 Å². The summed E-state index contributed by atoms with van der Waals surface area (Å²) in [6.07, 6.45) is 3.19. The van der Waals surface area contributed by atoms with E-state index in [1.165, 1.54) is 6.26 Å². The standard InChI is InChI=1S/C17H23N3O3/c1-11(2)8-14(21)10-19-17(22)20-15-9-13(5-4-12(15)3)16-18-6-7-23-16/h4-7,9,11,14,21H,8,10H2,1-3H3,(H2,19,20,22). The predicted molar refractivity (Wildman–Crippen MR) is 89.2 cm³/mol. The van der Waals surface area contributed by atoms with Crippen molar-refractivity contribution in [1.82, 2.24) is 10.3 Å². The molecule has 1 heterocycles. The number of aromatic nitrogens is 1. The van der Waals surface area contributed by atoms with Gasteiger partial charge in [0.05, 0.1) is 12.3 Å². The highest BCUT2D eigenvalue weighted by molar-refractivity contribution is 5.90. The first-order valence-corrected chi connectivity index (χ1v) is 7.69. The Bertz CT molecular complexity index is 639. The third-order valence-electron chi connectivity index (χ3n) is 3.41. The molecule has 2 aromatic rings. The fourth-order valence-electron chi connectivity index (χ4n) is 2.26. The molecule has 0 saturated carbocycles. The van der Waals surface area contributed by atoms with Crippen molar-refractivity contribution in [3.05, 3.63) is 36.2 Å². The van der Waals surface area contributed by atoms with Crippen LogP contribution in [0.3, 0.4) is 0 Å². The lowest BCUT2D eigenvalue weighted by Gasteiger charge is -2.15. The van der Waals surface area contributed by atoms with Crippen LogP contribution < -0.4 is 10.6 Å². The highest BCUT2D eigenvalue weighted by atomic mass is 16.3. The second-order valence-corrected chi connectivity index (χ2v) is 5.99. The lowest BCUT2D eigenvalue weighted by molar-refractivity contribution is 0.148. The van der Waals surface area contributed by atoms with Crippen molar-refractivity contribution in [2.75, 3.05) is 11.9 Å². The number of amides is 2. The van der Waals surface area contributed by atoms with Gasteiger partial charge in [0.15, 0.2) is 0 Å². The Hall–Kier alpha value is -2.34. The van der Waals surface area contributed by atoms with Crippen LogP contribution in [0.2, 0.25) is 0 Å². The Kier molecular flexibility index (Phi) is 5.76. The van der Waals surface area contributed by atoms with E-state index in [0.29, 0.717) is 23.9 Å². The number of aliphatic hydroxyl groups is 1. The SMILES string of the molecule is Cc1ccc(-c2ncco2)cc1NC(=O)NCC(O)CC(C)C. The number of hydrogen-bond donors (Lipinski definition) is 3. The Morgan fingerprint density at radius 2 is 2.17 bits per heavy atom. The lowest BCUT2D eigenvalue weighted by atomic mass is 10.1. The maximum absolute atomic E-state index is 12.0. The van der Waals surface area contributed by atoms with E-state index in [-0.39, 0.29) is 12.6 Å². The van der Waals surface area contributed by atoms with E-state index in [9.17, 15) is 9.90 Å². The molecule has 0 spiro atoms. The average molecular weight is 317 g/mol. The maximum Gasteiger partial charge on any atom is 0.319 e. The quantitative estimate of drug-likeness (QED) is 0.763. The first-order valence-electron chi connectivity index (χ1n) is 7.69. The van der Waals surface area contributed by atoms with Gasteiger partial charge in [-0.25, -0.2) is 9.78 Å². The summed E-state index contributed by atoms with van der Waals surface area (Å²) in [5.41, 5.74) is 2.39. The van der Waals surface area contributed by atoms with E-state index in [1.54, 1.807) is 6.20 Å². The number of aliphatic hydroxyl groups excluding tert-OH is 1. The number of hydrogen-bond acceptors (Lipinski definition) is 4. The summed E-state index contributed by atoms with van der Waals surface area (Å²) in [5.74, 6) is 0.885. The highest BCUT2D eigenvalue weighted by Gasteiger charge is 2.11. The number of oxazole rings is 1. The van der Waals surface area contributed by atoms with E-state index in [4.69, 9.17) is 4.42 Å². The number of urea groups is 1. The molecule has 0 fully saturated rings. The van der Waals surface area contributed by atoms with Crippen molar-refractivity contribution in [2.24, 2.45) is 5.92 Å². The van der Waals surface area contributed by atoms with Crippen molar-refractivity contribution < 1.29 is 14.3 Å².